The Hall–Kier alpha value is -2.75. The molecular formula is C26H31N3O3. The van der Waals surface area contributed by atoms with Crippen LogP contribution in [0, 0.1) is 17.2 Å². The van der Waals surface area contributed by atoms with Crippen molar-refractivity contribution in [1.29, 1.82) is 5.26 Å². The second-order valence-electron chi connectivity index (χ2n) is 9.08. The summed E-state index contributed by atoms with van der Waals surface area (Å²) in [5.74, 6) is 1.90. The van der Waals surface area contributed by atoms with Crippen LogP contribution in [0.4, 0.5) is 5.69 Å². The van der Waals surface area contributed by atoms with Crippen LogP contribution in [0.15, 0.2) is 36.4 Å². The van der Waals surface area contributed by atoms with E-state index in [9.17, 15) is 10.4 Å². The smallest absolute Gasteiger partial charge is 0.161 e. The van der Waals surface area contributed by atoms with Gasteiger partial charge in [-0.1, -0.05) is 24.6 Å². The minimum atomic E-state index is 0.286. The van der Waals surface area contributed by atoms with E-state index >= 15 is 0 Å². The lowest BCUT2D eigenvalue weighted by molar-refractivity contribution is 0.171. The Morgan fingerprint density at radius 3 is 2.62 bits per heavy atom. The zero-order valence-corrected chi connectivity index (χ0v) is 18.4. The van der Waals surface area contributed by atoms with Crippen molar-refractivity contribution < 1.29 is 14.6 Å². The maximum absolute atomic E-state index is 10.1. The van der Waals surface area contributed by atoms with Crippen molar-refractivity contribution in [1.82, 2.24) is 5.32 Å². The first-order valence-corrected chi connectivity index (χ1v) is 11.8. The molecule has 1 saturated carbocycles. The van der Waals surface area contributed by atoms with E-state index in [0.717, 1.165) is 60.7 Å². The van der Waals surface area contributed by atoms with E-state index in [1.54, 1.807) is 0 Å². The fourth-order valence-electron chi connectivity index (χ4n) is 5.44. The lowest BCUT2D eigenvalue weighted by Gasteiger charge is -2.36. The Bertz CT molecular complexity index is 994. The fourth-order valence-corrected chi connectivity index (χ4v) is 5.44. The third-order valence-corrected chi connectivity index (χ3v) is 7.19. The van der Waals surface area contributed by atoms with Crippen molar-refractivity contribution in [3.05, 3.63) is 42.0 Å². The van der Waals surface area contributed by atoms with Crippen LogP contribution < -0.4 is 19.7 Å². The van der Waals surface area contributed by atoms with Crippen LogP contribution in [-0.2, 0) is 0 Å². The number of fused-ring (bicyclic) bond motifs is 1. The van der Waals surface area contributed by atoms with Crippen LogP contribution in [0.3, 0.4) is 0 Å². The monoisotopic (exact) mass is 433 g/mol. The number of aliphatic hydroxyl groups excluding tert-OH is 1. The Morgan fingerprint density at radius 1 is 1.03 bits per heavy atom. The highest BCUT2D eigenvalue weighted by Crippen LogP contribution is 2.38. The second-order valence-corrected chi connectivity index (χ2v) is 9.08. The van der Waals surface area contributed by atoms with Crippen molar-refractivity contribution in [3.8, 4) is 28.7 Å². The Kier molecular flexibility index (Phi) is 6.20. The van der Waals surface area contributed by atoms with Gasteiger partial charge in [0, 0.05) is 37.3 Å². The molecule has 168 valence electrons. The van der Waals surface area contributed by atoms with Crippen LogP contribution in [0.2, 0.25) is 0 Å². The van der Waals surface area contributed by atoms with Crippen LogP contribution >= 0.6 is 0 Å². The van der Waals surface area contributed by atoms with Gasteiger partial charge in [-0.05, 0) is 55.4 Å². The number of nitrogens with one attached hydrogen (secondary N) is 1. The molecule has 0 radical (unpaired) electrons. The fraction of sp³-hybridized carbons (Fsp3) is 0.500. The Labute approximate surface area is 189 Å². The molecule has 2 aliphatic heterocycles. The van der Waals surface area contributed by atoms with Crippen molar-refractivity contribution >= 4 is 5.69 Å². The van der Waals surface area contributed by atoms with Crippen molar-refractivity contribution in [3.63, 3.8) is 0 Å². The molecule has 2 heterocycles. The highest BCUT2D eigenvalue weighted by molar-refractivity contribution is 5.79. The van der Waals surface area contributed by atoms with Gasteiger partial charge in [-0.15, -0.1) is 0 Å². The number of benzene rings is 2. The van der Waals surface area contributed by atoms with Gasteiger partial charge in [-0.2, -0.15) is 5.26 Å². The van der Waals surface area contributed by atoms with Crippen LogP contribution in [0.5, 0.6) is 11.5 Å². The summed E-state index contributed by atoms with van der Waals surface area (Å²) < 4.78 is 11.4. The van der Waals surface area contributed by atoms with Gasteiger partial charge in [-0.25, -0.2) is 0 Å². The summed E-state index contributed by atoms with van der Waals surface area (Å²) in [6, 6.07) is 15.4. The molecule has 1 saturated heterocycles. The number of rotatable bonds is 5. The van der Waals surface area contributed by atoms with E-state index in [4.69, 9.17) is 9.47 Å². The number of nitrogens with zero attached hydrogens (tertiary/aromatic N) is 2. The number of nitriles is 1. The number of anilines is 1. The first-order valence-electron chi connectivity index (χ1n) is 11.8. The first kappa shape index (κ1) is 21.1. The molecule has 2 aromatic carbocycles. The number of piperidine rings is 1. The van der Waals surface area contributed by atoms with Gasteiger partial charge in [0.05, 0.1) is 11.3 Å². The average Bonchev–Trinajstić information content (AvgIpc) is 3.30. The molecule has 5 rings (SSSR count). The van der Waals surface area contributed by atoms with Gasteiger partial charge < -0.3 is 24.8 Å². The van der Waals surface area contributed by atoms with Gasteiger partial charge in [0.15, 0.2) is 11.5 Å². The predicted octanol–water partition coefficient (Wildman–Crippen LogP) is 3.72. The van der Waals surface area contributed by atoms with Crippen LogP contribution in [-0.4, -0.2) is 50.1 Å². The summed E-state index contributed by atoms with van der Waals surface area (Å²) in [6.07, 6.45) is 5.61. The molecule has 6 heteroatoms. The quantitative estimate of drug-likeness (QED) is 0.748. The van der Waals surface area contributed by atoms with Crippen LogP contribution in [0.1, 0.15) is 37.7 Å². The largest absolute Gasteiger partial charge is 0.486 e. The lowest BCUT2D eigenvalue weighted by atomic mass is 9.95. The summed E-state index contributed by atoms with van der Waals surface area (Å²) in [5.41, 5.74) is 3.62. The van der Waals surface area contributed by atoms with Gasteiger partial charge in [-0.3, -0.25) is 0 Å². The average molecular weight is 434 g/mol. The van der Waals surface area contributed by atoms with Gasteiger partial charge in [0.1, 0.15) is 19.3 Å². The molecule has 2 N–H and O–H groups in total. The lowest BCUT2D eigenvalue weighted by Crippen LogP contribution is -2.47. The summed E-state index contributed by atoms with van der Waals surface area (Å²) in [6.45, 7) is 3.25. The number of aliphatic hydroxyl groups is 1. The second kappa shape index (κ2) is 9.40. The van der Waals surface area contributed by atoms with Gasteiger partial charge >= 0.3 is 0 Å². The van der Waals surface area contributed by atoms with E-state index in [2.05, 4.69) is 22.4 Å². The van der Waals surface area contributed by atoms with E-state index in [1.807, 2.05) is 30.3 Å². The molecule has 2 fully saturated rings. The molecule has 2 atom stereocenters. The molecule has 1 aliphatic carbocycles. The maximum Gasteiger partial charge on any atom is 0.161 e. The highest BCUT2D eigenvalue weighted by atomic mass is 16.6. The Balaban J connectivity index is 1.32. The van der Waals surface area contributed by atoms with E-state index < -0.39 is 0 Å². The molecular weight excluding hydrogens is 402 g/mol. The SMILES string of the molecule is N#Cc1c(-c2ccc3c(c2)OCCO3)cccc1N1CCC(NC2CCCC2CO)CC1. The summed E-state index contributed by atoms with van der Waals surface area (Å²) in [5, 5.41) is 23.5. The molecule has 0 aromatic heterocycles. The molecule has 2 aromatic rings. The van der Waals surface area contributed by atoms with Crippen molar-refractivity contribution in [2.24, 2.45) is 5.92 Å². The third kappa shape index (κ3) is 4.15. The summed E-state index contributed by atoms with van der Waals surface area (Å²) in [4.78, 5) is 2.34. The minimum Gasteiger partial charge on any atom is -0.486 e. The van der Waals surface area contributed by atoms with Crippen LogP contribution in [0.25, 0.3) is 11.1 Å². The molecule has 0 spiro atoms. The summed E-state index contributed by atoms with van der Waals surface area (Å²) in [7, 11) is 0. The molecule has 6 nitrogen and oxygen atoms in total. The number of hydrogen-bond acceptors (Lipinski definition) is 6. The van der Waals surface area contributed by atoms with Gasteiger partial charge in [0.2, 0.25) is 0 Å². The normalized spacial score (nSPS) is 23.2. The highest BCUT2D eigenvalue weighted by Gasteiger charge is 2.30. The molecule has 2 unspecified atom stereocenters. The van der Waals surface area contributed by atoms with E-state index in [0.29, 0.717) is 36.8 Å². The molecule has 3 aliphatic rings. The molecule has 32 heavy (non-hydrogen) atoms. The number of ether oxygens (including phenoxy) is 2. The standard InChI is InChI=1S/C26H31N3O3/c27-16-22-21(18-7-8-25-26(15-18)32-14-13-31-25)4-2-6-24(22)29-11-9-20(10-12-29)28-23-5-1-3-19(23)17-30/h2,4,6-8,15,19-20,23,28,30H,1,3,5,9-14,17H2. The summed E-state index contributed by atoms with van der Waals surface area (Å²) >= 11 is 0. The van der Waals surface area contributed by atoms with Crippen molar-refractivity contribution in [2.45, 2.75) is 44.2 Å². The first-order chi connectivity index (χ1) is 15.8. The van der Waals surface area contributed by atoms with Crippen molar-refractivity contribution in [2.75, 3.05) is 37.8 Å². The topological polar surface area (TPSA) is 77.8 Å². The number of hydrogen-bond donors (Lipinski definition) is 2. The zero-order valence-electron chi connectivity index (χ0n) is 18.4. The minimum absolute atomic E-state index is 0.286. The maximum atomic E-state index is 10.1. The molecule has 0 amide bonds. The predicted molar refractivity (Wildman–Crippen MR) is 124 cm³/mol. The zero-order chi connectivity index (χ0) is 21.9. The van der Waals surface area contributed by atoms with E-state index in [1.165, 1.54) is 12.8 Å². The van der Waals surface area contributed by atoms with Gasteiger partial charge in [0.25, 0.3) is 0 Å². The molecule has 0 bridgehead atoms. The Morgan fingerprint density at radius 2 is 1.84 bits per heavy atom. The van der Waals surface area contributed by atoms with E-state index in [-0.39, 0.29) is 6.61 Å². The third-order valence-electron chi connectivity index (χ3n) is 7.19.